The third kappa shape index (κ3) is 2.01. The van der Waals surface area contributed by atoms with Crippen LogP contribution in [0.5, 0.6) is 0 Å². The van der Waals surface area contributed by atoms with Crippen LogP contribution in [-0.2, 0) is 0 Å². The highest BCUT2D eigenvalue weighted by atomic mass is 32.2. The minimum absolute atomic E-state index is 0.601. The first-order valence-electron chi connectivity index (χ1n) is 4.18. The van der Waals surface area contributed by atoms with E-state index >= 15 is 0 Å². The fourth-order valence-electron chi connectivity index (χ4n) is 1.17. The van der Waals surface area contributed by atoms with Crippen molar-refractivity contribution in [2.45, 2.75) is 20.8 Å². The molecule has 0 N–H and O–H groups in total. The summed E-state index contributed by atoms with van der Waals surface area (Å²) in [5.41, 5.74) is 2.45. The number of aliphatic imine (C=N–C) groups is 1. The van der Waals surface area contributed by atoms with Crippen molar-refractivity contribution in [2.24, 2.45) is 10.9 Å². The van der Waals surface area contributed by atoms with Crippen molar-refractivity contribution < 1.29 is 0 Å². The molecule has 12 heavy (non-hydrogen) atoms. The molecule has 0 aliphatic carbocycles. The van der Waals surface area contributed by atoms with Crippen molar-refractivity contribution in [1.82, 2.24) is 0 Å². The van der Waals surface area contributed by atoms with Gasteiger partial charge in [-0.05, 0) is 23.8 Å². The predicted octanol–water partition coefficient (Wildman–Crippen LogP) is 3.25. The zero-order chi connectivity index (χ0) is 9.14. The molecule has 2 heteroatoms. The first-order chi connectivity index (χ1) is 5.65. The van der Waals surface area contributed by atoms with Gasteiger partial charge in [0.05, 0.1) is 5.71 Å². The molecule has 0 atom stereocenters. The van der Waals surface area contributed by atoms with E-state index in [0.717, 1.165) is 5.71 Å². The summed E-state index contributed by atoms with van der Waals surface area (Å²) >= 11 is 1.78. The first-order valence-corrected chi connectivity index (χ1v) is 5.06. The number of hydrogen-bond donors (Lipinski definition) is 0. The summed E-state index contributed by atoms with van der Waals surface area (Å²) < 4.78 is 0. The lowest BCUT2D eigenvalue weighted by molar-refractivity contribution is 0.831. The maximum Gasteiger partial charge on any atom is 0.0741 e. The topological polar surface area (TPSA) is 12.4 Å². The quantitative estimate of drug-likeness (QED) is 0.605. The minimum Gasteiger partial charge on any atom is -0.287 e. The molecule has 0 saturated heterocycles. The SMILES string of the molecule is CN=C1C(C)=CS/C1=C\C(C)C. The Morgan fingerprint density at radius 3 is 2.67 bits per heavy atom. The zero-order valence-electron chi connectivity index (χ0n) is 8.09. The fraction of sp³-hybridized carbons (Fsp3) is 0.500. The van der Waals surface area contributed by atoms with E-state index in [-0.39, 0.29) is 0 Å². The Bertz CT molecular complexity index is 259. The van der Waals surface area contributed by atoms with Crippen molar-refractivity contribution in [3.8, 4) is 0 Å². The van der Waals surface area contributed by atoms with Crippen molar-refractivity contribution in [3.63, 3.8) is 0 Å². The Morgan fingerprint density at radius 1 is 1.50 bits per heavy atom. The van der Waals surface area contributed by atoms with E-state index in [1.54, 1.807) is 11.8 Å². The van der Waals surface area contributed by atoms with Crippen molar-refractivity contribution in [2.75, 3.05) is 7.05 Å². The third-order valence-corrected chi connectivity index (χ3v) is 2.73. The Hall–Kier alpha value is -0.500. The molecule has 0 spiro atoms. The molecule has 0 saturated carbocycles. The Balaban J connectivity index is 2.87. The van der Waals surface area contributed by atoms with Crippen molar-refractivity contribution >= 4 is 17.5 Å². The van der Waals surface area contributed by atoms with E-state index in [9.17, 15) is 0 Å². The Kier molecular flexibility index (Phi) is 3.15. The van der Waals surface area contributed by atoms with Gasteiger partial charge in [0.15, 0.2) is 0 Å². The highest BCUT2D eigenvalue weighted by Gasteiger charge is 2.15. The van der Waals surface area contributed by atoms with Crippen LogP contribution in [0.2, 0.25) is 0 Å². The highest BCUT2D eigenvalue weighted by molar-refractivity contribution is 8.07. The van der Waals surface area contributed by atoms with Gasteiger partial charge in [-0.2, -0.15) is 0 Å². The molecule has 0 amide bonds. The fourth-order valence-corrected chi connectivity index (χ4v) is 2.30. The summed E-state index contributed by atoms with van der Waals surface area (Å²) in [6.07, 6.45) is 2.26. The molecular formula is C10H15NS. The lowest BCUT2D eigenvalue weighted by Crippen LogP contribution is -1.97. The molecule has 1 heterocycles. The summed E-state index contributed by atoms with van der Waals surface area (Å²) in [7, 11) is 1.85. The standard InChI is InChI=1S/C10H15NS/c1-7(2)5-9-10(11-4)8(3)6-12-9/h5-7H,1-4H3/b9-5-,11-10?. The average Bonchev–Trinajstić information content (AvgIpc) is 2.30. The molecule has 1 rings (SSSR count). The molecule has 0 fully saturated rings. The van der Waals surface area contributed by atoms with Gasteiger partial charge in [0.2, 0.25) is 0 Å². The van der Waals surface area contributed by atoms with Gasteiger partial charge in [0.1, 0.15) is 0 Å². The molecular weight excluding hydrogens is 166 g/mol. The monoisotopic (exact) mass is 181 g/mol. The normalized spacial score (nSPS) is 24.2. The van der Waals surface area contributed by atoms with Crippen molar-refractivity contribution in [1.29, 1.82) is 0 Å². The van der Waals surface area contributed by atoms with E-state index in [2.05, 4.69) is 37.2 Å². The van der Waals surface area contributed by atoms with Gasteiger partial charge in [-0.1, -0.05) is 31.7 Å². The van der Waals surface area contributed by atoms with Crippen LogP contribution in [0.15, 0.2) is 27.0 Å². The minimum atomic E-state index is 0.601. The van der Waals surface area contributed by atoms with Gasteiger partial charge in [-0.25, -0.2) is 0 Å². The van der Waals surface area contributed by atoms with Gasteiger partial charge in [-0.3, -0.25) is 4.99 Å². The average molecular weight is 181 g/mol. The van der Waals surface area contributed by atoms with Gasteiger partial charge < -0.3 is 0 Å². The second-order valence-electron chi connectivity index (χ2n) is 3.27. The van der Waals surface area contributed by atoms with Gasteiger partial charge in [0, 0.05) is 12.0 Å². The summed E-state index contributed by atoms with van der Waals surface area (Å²) in [5.74, 6) is 0.601. The first kappa shape index (κ1) is 9.59. The van der Waals surface area contributed by atoms with Crippen LogP contribution >= 0.6 is 11.8 Å². The highest BCUT2D eigenvalue weighted by Crippen LogP contribution is 2.32. The second-order valence-corrected chi connectivity index (χ2v) is 4.18. The number of thioether (sulfide) groups is 1. The van der Waals surface area contributed by atoms with Crippen LogP contribution in [0, 0.1) is 5.92 Å². The maximum atomic E-state index is 4.26. The largest absolute Gasteiger partial charge is 0.287 e. The molecule has 0 aromatic rings. The van der Waals surface area contributed by atoms with Crippen LogP contribution in [0.1, 0.15) is 20.8 Å². The van der Waals surface area contributed by atoms with Gasteiger partial charge in [0.25, 0.3) is 0 Å². The summed E-state index contributed by atoms with van der Waals surface area (Å²) in [6.45, 7) is 6.49. The number of nitrogens with zero attached hydrogens (tertiary/aromatic N) is 1. The van der Waals surface area contributed by atoms with Crippen LogP contribution in [0.3, 0.4) is 0 Å². The van der Waals surface area contributed by atoms with E-state index in [1.165, 1.54) is 10.5 Å². The maximum absolute atomic E-state index is 4.26. The molecule has 0 aromatic heterocycles. The van der Waals surface area contributed by atoms with Crippen molar-refractivity contribution in [3.05, 3.63) is 22.0 Å². The third-order valence-electron chi connectivity index (χ3n) is 1.68. The molecule has 0 unspecified atom stereocenters. The van der Waals surface area contributed by atoms with E-state index < -0.39 is 0 Å². The molecule has 1 nitrogen and oxygen atoms in total. The number of hydrogen-bond acceptors (Lipinski definition) is 2. The molecule has 66 valence electrons. The van der Waals surface area contributed by atoms with E-state index in [4.69, 9.17) is 0 Å². The summed E-state index contributed by atoms with van der Waals surface area (Å²) in [5, 5.41) is 2.16. The van der Waals surface area contributed by atoms with Crippen LogP contribution in [0.4, 0.5) is 0 Å². The summed E-state index contributed by atoms with van der Waals surface area (Å²) in [6, 6.07) is 0. The van der Waals surface area contributed by atoms with Crippen LogP contribution in [-0.4, -0.2) is 12.8 Å². The lowest BCUT2D eigenvalue weighted by Gasteiger charge is -2.02. The van der Waals surface area contributed by atoms with E-state index in [1.807, 2.05) is 7.05 Å². The smallest absolute Gasteiger partial charge is 0.0741 e. The predicted molar refractivity (Wildman–Crippen MR) is 57.6 cm³/mol. The Morgan fingerprint density at radius 2 is 2.17 bits per heavy atom. The lowest BCUT2D eigenvalue weighted by atomic mass is 10.1. The molecule has 1 aliphatic rings. The van der Waals surface area contributed by atoms with E-state index in [0.29, 0.717) is 5.92 Å². The molecule has 0 radical (unpaired) electrons. The number of rotatable bonds is 1. The molecule has 1 aliphatic heterocycles. The molecule has 0 bridgehead atoms. The molecule has 0 aromatic carbocycles. The second kappa shape index (κ2) is 3.94. The summed E-state index contributed by atoms with van der Waals surface area (Å²) in [4.78, 5) is 5.57. The Labute approximate surface area is 78.7 Å². The van der Waals surface area contributed by atoms with Gasteiger partial charge >= 0.3 is 0 Å². The van der Waals surface area contributed by atoms with Crippen LogP contribution < -0.4 is 0 Å². The number of allylic oxidation sites excluding steroid dienone is 3. The van der Waals surface area contributed by atoms with Gasteiger partial charge in [-0.15, -0.1) is 0 Å². The van der Waals surface area contributed by atoms with Crippen LogP contribution in [0.25, 0.3) is 0 Å². The zero-order valence-corrected chi connectivity index (χ0v) is 8.90.